The number of hydrogen-bond acceptors (Lipinski definition) is 3. The molecule has 1 N–H and O–H groups in total. The zero-order chi connectivity index (χ0) is 15.5. The summed E-state index contributed by atoms with van der Waals surface area (Å²) in [6, 6.07) is 2.15. The monoisotopic (exact) mass is 309 g/mol. The SMILES string of the molecule is CCCNCc1cc(N2CCC(C(C)(C)C)C2)ncc1Cl. The summed E-state index contributed by atoms with van der Waals surface area (Å²) in [5, 5.41) is 4.17. The lowest BCUT2D eigenvalue weighted by Gasteiger charge is -2.27. The molecule has 3 nitrogen and oxygen atoms in total. The van der Waals surface area contributed by atoms with Gasteiger partial charge >= 0.3 is 0 Å². The van der Waals surface area contributed by atoms with Gasteiger partial charge in [-0.25, -0.2) is 4.98 Å². The Balaban J connectivity index is 2.05. The number of nitrogens with one attached hydrogen (secondary N) is 1. The van der Waals surface area contributed by atoms with Crippen LogP contribution in [-0.2, 0) is 6.54 Å². The Morgan fingerprint density at radius 3 is 2.81 bits per heavy atom. The van der Waals surface area contributed by atoms with Gasteiger partial charge in [0, 0.05) is 25.8 Å². The first-order valence-electron chi connectivity index (χ1n) is 8.02. The van der Waals surface area contributed by atoms with E-state index in [9.17, 15) is 0 Å². The number of nitrogens with zero attached hydrogens (tertiary/aromatic N) is 2. The van der Waals surface area contributed by atoms with Crippen molar-refractivity contribution in [2.75, 3.05) is 24.5 Å². The van der Waals surface area contributed by atoms with Crippen LogP contribution >= 0.6 is 11.6 Å². The van der Waals surface area contributed by atoms with Gasteiger partial charge in [-0.05, 0) is 42.3 Å². The molecule has 1 aromatic heterocycles. The van der Waals surface area contributed by atoms with E-state index in [1.807, 2.05) is 0 Å². The summed E-state index contributed by atoms with van der Waals surface area (Å²) < 4.78 is 0. The second-order valence-corrected chi connectivity index (χ2v) is 7.52. The van der Waals surface area contributed by atoms with Crippen molar-refractivity contribution in [2.45, 2.75) is 47.1 Å². The molecule has 1 aromatic rings. The van der Waals surface area contributed by atoms with E-state index in [0.29, 0.717) is 5.41 Å². The van der Waals surface area contributed by atoms with Gasteiger partial charge in [0.15, 0.2) is 0 Å². The molecule has 1 aliphatic heterocycles. The molecule has 0 aromatic carbocycles. The molecule has 2 heterocycles. The van der Waals surface area contributed by atoms with Crippen LogP contribution in [-0.4, -0.2) is 24.6 Å². The van der Waals surface area contributed by atoms with Gasteiger partial charge in [-0.2, -0.15) is 0 Å². The highest BCUT2D eigenvalue weighted by Gasteiger charge is 2.32. The van der Waals surface area contributed by atoms with Crippen LogP contribution in [0.1, 0.15) is 46.1 Å². The van der Waals surface area contributed by atoms with Gasteiger partial charge in [0.2, 0.25) is 0 Å². The summed E-state index contributed by atoms with van der Waals surface area (Å²) in [6.45, 7) is 13.2. The van der Waals surface area contributed by atoms with Crippen LogP contribution in [0.15, 0.2) is 12.3 Å². The summed E-state index contributed by atoms with van der Waals surface area (Å²) in [7, 11) is 0. The molecule has 4 heteroatoms. The Kier molecular flexibility index (Phi) is 5.50. The molecule has 0 radical (unpaired) electrons. The molecule has 1 fully saturated rings. The molecule has 21 heavy (non-hydrogen) atoms. The van der Waals surface area contributed by atoms with Crippen molar-refractivity contribution in [3.63, 3.8) is 0 Å². The summed E-state index contributed by atoms with van der Waals surface area (Å²) in [6.07, 6.45) is 4.18. The number of anilines is 1. The van der Waals surface area contributed by atoms with Crippen LogP contribution in [0.25, 0.3) is 0 Å². The molecule has 1 unspecified atom stereocenters. The first-order chi connectivity index (χ1) is 9.91. The maximum atomic E-state index is 6.26. The van der Waals surface area contributed by atoms with Crippen molar-refractivity contribution in [3.8, 4) is 0 Å². The standard InChI is InChI=1S/C17H28ClN3/c1-5-7-19-10-13-9-16(20-11-15(13)18)21-8-6-14(12-21)17(2,3)4/h9,11,14,19H,5-8,10,12H2,1-4H3. The minimum atomic E-state index is 0.368. The minimum Gasteiger partial charge on any atom is -0.356 e. The molecular weight excluding hydrogens is 282 g/mol. The Morgan fingerprint density at radius 1 is 1.43 bits per heavy atom. The molecule has 2 rings (SSSR count). The van der Waals surface area contributed by atoms with E-state index in [-0.39, 0.29) is 0 Å². The molecule has 0 bridgehead atoms. The summed E-state index contributed by atoms with van der Waals surface area (Å²) in [4.78, 5) is 6.93. The molecule has 0 amide bonds. The van der Waals surface area contributed by atoms with Gasteiger partial charge in [0.1, 0.15) is 5.82 Å². The van der Waals surface area contributed by atoms with E-state index in [2.05, 4.69) is 49.0 Å². The van der Waals surface area contributed by atoms with Crippen LogP contribution in [0.5, 0.6) is 0 Å². The molecule has 1 atom stereocenters. The van der Waals surface area contributed by atoms with Crippen LogP contribution in [0.2, 0.25) is 5.02 Å². The maximum Gasteiger partial charge on any atom is 0.128 e. The second kappa shape index (κ2) is 6.97. The largest absolute Gasteiger partial charge is 0.356 e. The van der Waals surface area contributed by atoms with Gasteiger partial charge < -0.3 is 10.2 Å². The van der Waals surface area contributed by atoms with Gasteiger partial charge in [-0.1, -0.05) is 39.3 Å². The van der Waals surface area contributed by atoms with Crippen molar-refractivity contribution in [2.24, 2.45) is 11.3 Å². The van der Waals surface area contributed by atoms with Gasteiger partial charge in [0.05, 0.1) is 5.02 Å². The molecule has 0 spiro atoms. The third-order valence-electron chi connectivity index (χ3n) is 4.40. The average molecular weight is 310 g/mol. The van der Waals surface area contributed by atoms with E-state index >= 15 is 0 Å². The third-order valence-corrected chi connectivity index (χ3v) is 4.74. The average Bonchev–Trinajstić information content (AvgIpc) is 2.91. The van der Waals surface area contributed by atoms with Crippen molar-refractivity contribution in [1.29, 1.82) is 0 Å². The van der Waals surface area contributed by atoms with Crippen LogP contribution < -0.4 is 10.2 Å². The fraction of sp³-hybridized carbons (Fsp3) is 0.706. The maximum absolute atomic E-state index is 6.26. The summed E-state index contributed by atoms with van der Waals surface area (Å²) in [5.41, 5.74) is 1.52. The molecule has 0 aliphatic carbocycles. The van der Waals surface area contributed by atoms with Crippen molar-refractivity contribution in [3.05, 3.63) is 22.8 Å². The topological polar surface area (TPSA) is 28.2 Å². The Labute approximate surface area is 134 Å². The Hall–Kier alpha value is -0.800. The predicted molar refractivity (Wildman–Crippen MR) is 91.0 cm³/mol. The number of hydrogen-bond donors (Lipinski definition) is 1. The van der Waals surface area contributed by atoms with E-state index in [4.69, 9.17) is 11.6 Å². The fourth-order valence-corrected chi connectivity index (χ4v) is 3.02. The summed E-state index contributed by atoms with van der Waals surface area (Å²) >= 11 is 6.26. The lowest BCUT2D eigenvalue weighted by molar-refractivity contribution is 0.263. The lowest BCUT2D eigenvalue weighted by Crippen LogP contribution is -2.26. The smallest absolute Gasteiger partial charge is 0.128 e. The molecular formula is C17H28ClN3. The van der Waals surface area contributed by atoms with Crippen molar-refractivity contribution in [1.82, 2.24) is 10.3 Å². The molecule has 1 saturated heterocycles. The van der Waals surface area contributed by atoms with Gasteiger partial charge in [0.25, 0.3) is 0 Å². The van der Waals surface area contributed by atoms with Crippen LogP contribution in [0.4, 0.5) is 5.82 Å². The highest BCUT2D eigenvalue weighted by molar-refractivity contribution is 6.31. The number of halogens is 1. The van der Waals surface area contributed by atoms with Crippen LogP contribution in [0.3, 0.4) is 0 Å². The molecule has 118 valence electrons. The zero-order valence-electron chi connectivity index (χ0n) is 13.7. The summed E-state index contributed by atoms with van der Waals surface area (Å²) in [5.74, 6) is 1.80. The quantitative estimate of drug-likeness (QED) is 0.830. The predicted octanol–water partition coefficient (Wildman–Crippen LogP) is 4.11. The zero-order valence-corrected chi connectivity index (χ0v) is 14.5. The number of aromatic nitrogens is 1. The van der Waals surface area contributed by atoms with Crippen molar-refractivity contribution < 1.29 is 0 Å². The van der Waals surface area contributed by atoms with E-state index in [1.165, 1.54) is 6.42 Å². The molecule has 1 aliphatic rings. The van der Waals surface area contributed by atoms with E-state index in [1.54, 1.807) is 6.20 Å². The first kappa shape index (κ1) is 16.6. The highest BCUT2D eigenvalue weighted by Crippen LogP contribution is 2.35. The van der Waals surface area contributed by atoms with E-state index < -0.39 is 0 Å². The van der Waals surface area contributed by atoms with Crippen LogP contribution in [0, 0.1) is 11.3 Å². The van der Waals surface area contributed by atoms with Crippen molar-refractivity contribution >= 4 is 17.4 Å². The fourth-order valence-electron chi connectivity index (χ4n) is 2.85. The highest BCUT2D eigenvalue weighted by atomic mass is 35.5. The Morgan fingerprint density at radius 2 is 2.19 bits per heavy atom. The van der Waals surface area contributed by atoms with Gasteiger partial charge in [-0.3, -0.25) is 0 Å². The lowest BCUT2D eigenvalue weighted by atomic mass is 9.80. The first-order valence-corrected chi connectivity index (χ1v) is 8.39. The second-order valence-electron chi connectivity index (χ2n) is 7.11. The number of rotatable bonds is 5. The Bertz CT molecular complexity index is 468. The third kappa shape index (κ3) is 4.33. The normalized spacial score (nSPS) is 19.3. The van der Waals surface area contributed by atoms with E-state index in [0.717, 1.165) is 54.9 Å². The number of pyridine rings is 1. The minimum absolute atomic E-state index is 0.368. The van der Waals surface area contributed by atoms with Gasteiger partial charge in [-0.15, -0.1) is 0 Å². The molecule has 0 saturated carbocycles.